The third-order valence-electron chi connectivity index (χ3n) is 5.15. The number of rotatable bonds is 10. The Labute approximate surface area is 177 Å². The summed E-state index contributed by atoms with van der Waals surface area (Å²) >= 11 is 0. The van der Waals surface area contributed by atoms with Crippen molar-refractivity contribution in [3.8, 4) is 11.5 Å². The van der Waals surface area contributed by atoms with Gasteiger partial charge in [-0.05, 0) is 48.4 Å². The number of sulfone groups is 1. The topological polar surface area (TPSA) is 93.1 Å². The molecule has 2 atom stereocenters. The Kier molecular flexibility index (Phi) is 7.47. The van der Waals surface area contributed by atoms with Crippen LogP contribution in [0.25, 0.3) is 0 Å². The van der Waals surface area contributed by atoms with E-state index < -0.39 is 15.9 Å². The fraction of sp³-hybridized carbons (Fsp3) is 0.409. The molecule has 1 saturated heterocycles. The van der Waals surface area contributed by atoms with Crippen LogP contribution >= 0.6 is 0 Å². The Balaban J connectivity index is 1.65. The molecule has 0 spiro atoms. The van der Waals surface area contributed by atoms with Gasteiger partial charge in [-0.25, -0.2) is 8.42 Å². The molecular weight excluding hydrogens is 406 g/mol. The molecule has 30 heavy (non-hydrogen) atoms. The number of hydrogen-bond donors (Lipinski definition) is 1. The lowest BCUT2D eigenvalue weighted by Crippen LogP contribution is -2.42. The third-order valence-corrected chi connectivity index (χ3v) is 6.90. The number of hydrogen-bond acceptors (Lipinski definition) is 7. The zero-order valence-corrected chi connectivity index (χ0v) is 17.8. The Bertz CT molecular complexity index is 944. The number of carbonyl (C=O) groups is 1. The lowest BCUT2D eigenvalue weighted by molar-refractivity contribution is 0.0524. The first-order valence-electron chi connectivity index (χ1n) is 9.82. The molecule has 162 valence electrons. The van der Waals surface area contributed by atoms with Crippen molar-refractivity contribution in [3.63, 3.8) is 0 Å². The summed E-state index contributed by atoms with van der Waals surface area (Å²) in [5.41, 5.74) is 1.53. The molecule has 1 heterocycles. The summed E-state index contributed by atoms with van der Waals surface area (Å²) in [5, 5.41) is 10.6. The second-order valence-corrected chi connectivity index (χ2v) is 9.72. The number of nitrogens with zero attached hydrogens (tertiary/aromatic N) is 1. The standard InChI is InChI=1S/C22H27NO6S/c1-28-22-4-2-3-18(11-22)12-23(19-9-10-30(26,27)16-19)13-20(25)15-29-21-7-5-17(14-24)6-8-21/h2-8,11,14,19-20,25H,9-10,12-13,15-16H2,1H3. The van der Waals surface area contributed by atoms with E-state index in [0.717, 1.165) is 17.6 Å². The van der Waals surface area contributed by atoms with E-state index >= 15 is 0 Å². The molecule has 1 fully saturated rings. The maximum absolute atomic E-state index is 12.0. The number of benzene rings is 2. The molecule has 2 unspecified atom stereocenters. The normalized spacial score (nSPS) is 18.8. The molecule has 2 aromatic rings. The van der Waals surface area contributed by atoms with E-state index in [1.807, 2.05) is 29.2 Å². The Morgan fingerprint density at radius 3 is 2.60 bits per heavy atom. The molecule has 3 rings (SSSR count). The summed E-state index contributed by atoms with van der Waals surface area (Å²) in [5.74, 6) is 1.55. The molecule has 0 bridgehead atoms. The van der Waals surface area contributed by atoms with Crippen molar-refractivity contribution in [3.05, 3.63) is 59.7 Å². The van der Waals surface area contributed by atoms with E-state index in [-0.39, 0.29) is 30.7 Å². The zero-order valence-electron chi connectivity index (χ0n) is 16.9. The highest BCUT2D eigenvalue weighted by atomic mass is 32.2. The quantitative estimate of drug-likeness (QED) is 0.572. The number of aliphatic hydroxyl groups is 1. The van der Waals surface area contributed by atoms with Crippen LogP contribution in [-0.4, -0.2) is 68.6 Å². The zero-order chi connectivity index (χ0) is 21.6. The van der Waals surface area contributed by atoms with Gasteiger partial charge < -0.3 is 14.6 Å². The highest BCUT2D eigenvalue weighted by Gasteiger charge is 2.33. The number of aliphatic hydroxyl groups excluding tert-OH is 1. The molecule has 0 amide bonds. The second-order valence-electron chi connectivity index (χ2n) is 7.49. The van der Waals surface area contributed by atoms with E-state index in [4.69, 9.17) is 9.47 Å². The van der Waals surface area contributed by atoms with Crippen LogP contribution in [0.2, 0.25) is 0 Å². The predicted octanol–water partition coefficient (Wildman–Crippen LogP) is 1.94. The summed E-state index contributed by atoms with van der Waals surface area (Å²) in [6.07, 6.45) is 0.502. The summed E-state index contributed by atoms with van der Waals surface area (Å²) in [6.45, 7) is 0.848. The van der Waals surface area contributed by atoms with Gasteiger partial charge in [0.2, 0.25) is 0 Å². The monoisotopic (exact) mass is 433 g/mol. The van der Waals surface area contributed by atoms with E-state index in [1.165, 1.54) is 0 Å². The van der Waals surface area contributed by atoms with E-state index in [0.29, 0.717) is 24.3 Å². The van der Waals surface area contributed by atoms with Crippen molar-refractivity contribution >= 4 is 16.1 Å². The fourth-order valence-corrected chi connectivity index (χ4v) is 5.33. The number of methoxy groups -OCH3 is 1. The van der Waals surface area contributed by atoms with Gasteiger partial charge in [0.25, 0.3) is 0 Å². The lowest BCUT2D eigenvalue weighted by Gasteiger charge is -2.30. The van der Waals surface area contributed by atoms with Crippen LogP contribution in [0.4, 0.5) is 0 Å². The summed E-state index contributed by atoms with van der Waals surface area (Å²) in [4.78, 5) is 12.7. The van der Waals surface area contributed by atoms with Crippen LogP contribution < -0.4 is 9.47 Å². The van der Waals surface area contributed by atoms with Gasteiger partial charge in [0.1, 0.15) is 30.5 Å². The number of aldehydes is 1. The van der Waals surface area contributed by atoms with Gasteiger partial charge in [-0.2, -0.15) is 0 Å². The lowest BCUT2D eigenvalue weighted by atomic mass is 10.1. The van der Waals surface area contributed by atoms with Gasteiger partial charge in [0.15, 0.2) is 9.84 Å². The second kappa shape index (κ2) is 10.1. The van der Waals surface area contributed by atoms with E-state index in [9.17, 15) is 18.3 Å². The van der Waals surface area contributed by atoms with Crippen molar-refractivity contribution in [2.75, 3.05) is 31.8 Å². The Morgan fingerprint density at radius 2 is 1.97 bits per heavy atom. The summed E-state index contributed by atoms with van der Waals surface area (Å²) in [7, 11) is -1.45. The first-order chi connectivity index (χ1) is 14.4. The molecule has 1 N–H and O–H groups in total. The van der Waals surface area contributed by atoms with Gasteiger partial charge >= 0.3 is 0 Å². The highest BCUT2D eigenvalue weighted by Crippen LogP contribution is 2.22. The minimum Gasteiger partial charge on any atom is -0.497 e. The summed E-state index contributed by atoms with van der Waals surface area (Å²) < 4.78 is 34.9. The highest BCUT2D eigenvalue weighted by molar-refractivity contribution is 7.91. The molecule has 7 nitrogen and oxygen atoms in total. The van der Waals surface area contributed by atoms with Crippen LogP contribution in [0, 0.1) is 0 Å². The predicted molar refractivity (Wildman–Crippen MR) is 114 cm³/mol. The van der Waals surface area contributed by atoms with Crippen molar-refractivity contribution in [2.45, 2.75) is 25.1 Å². The smallest absolute Gasteiger partial charge is 0.151 e. The minimum absolute atomic E-state index is 0.0640. The molecule has 1 aliphatic rings. The Morgan fingerprint density at radius 1 is 1.20 bits per heavy atom. The third kappa shape index (κ3) is 6.29. The molecule has 0 aromatic heterocycles. The van der Waals surface area contributed by atoms with Gasteiger partial charge in [0, 0.05) is 24.7 Å². The SMILES string of the molecule is COc1cccc(CN(CC(O)COc2ccc(C=O)cc2)C2CCS(=O)(=O)C2)c1. The summed E-state index contributed by atoms with van der Waals surface area (Å²) in [6, 6.07) is 14.1. The van der Waals surface area contributed by atoms with Crippen molar-refractivity contribution in [2.24, 2.45) is 0 Å². The van der Waals surface area contributed by atoms with Gasteiger partial charge in [-0.1, -0.05) is 12.1 Å². The molecule has 1 aliphatic heterocycles. The first-order valence-corrected chi connectivity index (χ1v) is 11.6. The molecule has 8 heteroatoms. The molecular formula is C22H27NO6S. The van der Waals surface area contributed by atoms with Crippen molar-refractivity contribution < 1.29 is 27.8 Å². The van der Waals surface area contributed by atoms with Crippen LogP contribution in [-0.2, 0) is 16.4 Å². The largest absolute Gasteiger partial charge is 0.497 e. The van der Waals surface area contributed by atoms with Crippen molar-refractivity contribution in [1.29, 1.82) is 0 Å². The number of ether oxygens (including phenoxy) is 2. The average Bonchev–Trinajstić information content (AvgIpc) is 3.12. The molecule has 2 aromatic carbocycles. The van der Waals surface area contributed by atoms with Crippen LogP contribution in [0.15, 0.2) is 48.5 Å². The van der Waals surface area contributed by atoms with Gasteiger partial charge in [-0.15, -0.1) is 0 Å². The van der Waals surface area contributed by atoms with Gasteiger partial charge in [0.05, 0.1) is 18.6 Å². The maximum Gasteiger partial charge on any atom is 0.151 e. The minimum atomic E-state index is -3.05. The molecule has 0 radical (unpaired) electrons. The average molecular weight is 434 g/mol. The van der Waals surface area contributed by atoms with Crippen LogP contribution in [0.1, 0.15) is 22.3 Å². The van der Waals surface area contributed by atoms with E-state index in [2.05, 4.69) is 0 Å². The molecule has 0 aliphatic carbocycles. The van der Waals surface area contributed by atoms with Crippen molar-refractivity contribution in [1.82, 2.24) is 4.90 Å². The van der Waals surface area contributed by atoms with Crippen LogP contribution in [0.3, 0.4) is 0 Å². The van der Waals surface area contributed by atoms with E-state index in [1.54, 1.807) is 31.4 Å². The van der Waals surface area contributed by atoms with Gasteiger partial charge in [-0.3, -0.25) is 9.69 Å². The molecule has 0 saturated carbocycles. The Hall–Kier alpha value is -2.42. The first kappa shape index (κ1) is 22.3. The maximum atomic E-state index is 12.0. The van der Waals surface area contributed by atoms with Crippen LogP contribution in [0.5, 0.6) is 11.5 Å². The number of carbonyl (C=O) groups excluding carboxylic acids is 1. The fourth-order valence-electron chi connectivity index (χ4n) is 3.57.